The lowest BCUT2D eigenvalue weighted by Crippen LogP contribution is -2.25. The summed E-state index contributed by atoms with van der Waals surface area (Å²) in [5, 5.41) is 13.0. The summed E-state index contributed by atoms with van der Waals surface area (Å²) in [5.74, 6) is 1.93. The van der Waals surface area contributed by atoms with E-state index >= 15 is 0 Å². The van der Waals surface area contributed by atoms with E-state index in [-0.39, 0.29) is 5.84 Å². The van der Waals surface area contributed by atoms with Gasteiger partial charge in [-0.2, -0.15) is 0 Å². The number of ether oxygens (including phenoxy) is 1. The fourth-order valence-corrected chi connectivity index (χ4v) is 3.63. The number of anilines is 1. The van der Waals surface area contributed by atoms with Crippen LogP contribution in [0, 0.1) is 6.92 Å². The molecule has 2 heterocycles. The van der Waals surface area contributed by atoms with Crippen molar-refractivity contribution >= 4 is 22.7 Å². The molecule has 0 aliphatic carbocycles. The zero-order chi connectivity index (χ0) is 21.3. The van der Waals surface area contributed by atoms with Crippen LogP contribution in [0.1, 0.15) is 18.7 Å². The molecule has 1 atom stereocenters. The molecule has 8 nitrogen and oxygen atoms in total. The molecule has 0 fully saturated rings. The third-order valence-electron chi connectivity index (χ3n) is 5.11. The van der Waals surface area contributed by atoms with Gasteiger partial charge in [-0.05, 0) is 43.7 Å². The lowest BCUT2D eigenvalue weighted by atomic mass is 10.0. The summed E-state index contributed by atoms with van der Waals surface area (Å²) in [7, 11) is 0. The van der Waals surface area contributed by atoms with Gasteiger partial charge in [0.25, 0.3) is 0 Å². The lowest BCUT2D eigenvalue weighted by molar-refractivity contribution is 0.314. The molecule has 4 aromatic rings. The van der Waals surface area contributed by atoms with Crippen molar-refractivity contribution in [3.63, 3.8) is 0 Å². The minimum Gasteiger partial charge on any atom is -0.457 e. The van der Waals surface area contributed by atoms with Crippen LogP contribution in [0.15, 0.2) is 66.1 Å². The van der Waals surface area contributed by atoms with Gasteiger partial charge in [-0.15, -0.1) is 0 Å². The standard InChI is InChI=1S/C22H22N6O2/c1-13-18(15-8-10-17(11-9-15)30-16-6-4-3-5-7-16)19-21(24)25-12-26-22(19)28(13)14(2)20(23)27-29/h3-12,14,29H,1-2H3,(H2,23,27)(H2,24,25,26). The van der Waals surface area contributed by atoms with Crippen LogP contribution in [0.5, 0.6) is 11.5 Å². The fraction of sp³-hybridized carbons (Fsp3) is 0.136. The molecule has 0 aliphatic rings. The number of hydrogen-bond acceptors (Lipinski definition) is 6. The summed E-state index contributed by atoms with van der Waals surface area (Å²) in [4.78, 5) is 8.58. The Balaban J connectivity index is 1.82. The van der Waals surface area contributed by atoms with Gasteiger partial charge in [0.15, 0.2) is 5.84 Å². The van der Waals surface area contributed by atoms with Crippen LogP contribution in [0.3, 0.4) is 0 Å². The minimum absolute atomic E-state index is 0.0744. The van der Waals surface area contributed by atoms with Crippen molar-refractivity contribution in [3.8, 4) is 22.6 Å². The average Bonchev–Trinajstić information content (AvgIpc) is 3.07. The van der Waals surface area contributed by atoms with Gasteiger partial charge in [-0.25, -0.2) is 9.97 Å². The van der Waals surface area contributed by atoms with E-state index in [1.54, 1.807) is 0 Å². The number of nitrogens with zero attached hydrogens (tertiary/aromatic N) is 4. The number of benzene rings is 2. The Morgan fingerprint density at radius 2 is 1.73 bits per heavy atom. The fourth-order valence-electron chi connectivity index (χ4n) is 3.63. The zero-order valence-corrected chi connectivity index (χ0v) is 16.6. The second-order valence-electron chi connectivity index (χ2n) is 6.93. The van der Waals surface area contributed by atoms with E-state index in [4.69, 9.17) is 21.4 Å². The highest BCUT2D eigenvalue weighted by atomic mass is 16.5. The van der Waals surface area contributed by atoms with E-state index in [0.29, 0.717) is 11.5 Å². The molecule has 152 valence electrons. The van der Waals surface area contributed by atoms with Crippen molar-refractivity contribution in [2.75, 3.05) is 5.73 Å². The second kappa shape index (κ2) is 7.75. The topological polar surface area (TPSA) is 125 Å². The summed E-state index contributed by atoms with van der Waals surface area (Å²) >= 11 is 0. The normalized spacial score (nSPS) is 12.8. The molecule has 0 amide bonds. The molecule has 8 heteroatoms. The Hall–Kier alpha value is -4.07. The highest BCUT2D eigenvalue weighted by molar-refractivity contribution is 6.03. The van der Waals surface area contributed by atoms with Crippen molar-refractivity contribution < 1.29 is 9.94 Å². The maximum Gasteiger partial charge on any atom is 0.162 e. The summed E-state index contributed by atoms with van der Waals surface area (Å²) in [6.07, 6.45) is 1.41. The maximum absolute atomic E-state index is 9.14. The summed E-state index contributed by atoms with van der Waals surface area (Å²) in [6.45, 7) is 3.78. The minimum atomic E-state index is -0.416. The average molecular weight is 402 g/mol. The molecule has 4 rings (SSSR count). The molecule has 0 saturated carbocycles. The van der Waals surface area contributed by atoms with E-state index < -0.39 is 6.04 Å². The Bertz CT molecular complexity index is 1220. The number of oxime groups is 1. The molecule has 0 saturated heterocycles. The van der Waals surface area contributed by atoms with Crippen LogP contribution in [0.4, 0.5) is 5.82 Å². The van der Waals surface area contributed by atoms with Gasteiger partial charge >= 0.3 is 0 Å². The van der Waals surface area contributed by atoms with Crippen molar-refractivity contribution in [2.24, 2.45) is 10.9 Å². The van der Waals surface area contributed by atoms with E-state index in [1.165, 1.54) is 6.33 Å². The van der Waals surface area contributed by atoms with E-state index in [0.717, 1.165) is 33.7 Å². The Morgan fingerprint density at radius 3 is 2.40 bits per heavy atom. The molecule has 5 N–H and O–H groups in total. The molecule has 0 aliphatic heterocycles. The highest BCUT2D eigenvalue weighted by Gasteiger charge is 2.24. The molecule has 0 bridgehead atoms. The van der Waals surface area contributed by atoms with Crippen LogP contribution >= 0.6 is 0 Å². The third kappa shape index (κ3) is 3.28. The molecule has 2 aromatic heterocycles. The molecule has 2 aromatic carbocycles. The summed E-state index contributed by atoms with van der Waals surface area (Å²) < 4.78 is 7.78. The van der Waals surface area contributed by atoms with Gasteiger partial charge in [-0.3, -0.25) is 0 Å². The first-order chi connectivity index (χ1) is 14.5. The zero-order valence-electron chi connectivity index (χ0n) is 16.6. The third-order valence-corrected chi connectivity index (χ3v) is 5.11. The van der Waals surface area contributed by atoms with Crippen molar-refractivity contribution in [1.82, 2.24) is 14.5 Å². The summed E-state index contributed by atoms with van der Waals surface area (Å²) in [5.41, 5.74) is 15.4. The molecule has 1 unspecified atom stereocenters. The van der Waals surface area contributed by atoms with Crippen LogP contribution < -0.4 is 16.2 Å². The van der Waals surface area contributed by atoms with Gasteiger partial charge in [0, 0.05) is 11.3 Å². The van der Waals surface area contributed by atoms with Crippen molar-refractivity contribution in [2.45, 2.75) is 19.9 Å². The Kier molecular flexibility index (Phi) is 4.97. The predicted molar refractivity (Wildman–Crippen MR) is 117 cm³/mol. The maximum atomic E-state index is 9.14. The first-order valence-electron chi connectivity index (χ1n) is 9.43. The van der Waals surface area contributed by atoms with Gasteiger partial charge in [0.05, 0.1) is 11.4 Å². The molecular formula is C22H22N6O2. The number of nitrogens with two attached hydrogens (primary N) is 2. The first kappa shape index (κ1) is 19.3. The molecule has 30 heavy (non-hydrogen) atoms. The van der Waals surface area contributed by atoms with Gasteiger partial charge in [0.1, 0.15) is 29.3 Å². The number of fused-ring (bicyclic) bond motifs is 1. The number of amidine groups is 1. The second-order valence-corrected chi connectivity index (χ2v) is 6.93. The van der Waals surface area contributed by atoms with Crippen LogP contribution in [-0.2, 0) is 0 Å². The summed E-state index contributed by atoms with van der Waals surface area (Å²) in [6, 6.07) is 16.9. The van der Waals surface area contributed by atoms with Gasteiger partial charge in [0.2, 0.25) is 0 Å². The number of hydrogen-bond donors (Lipinski definition) is 3. The predicted octanol–water partition coefficient (Wildman–Crippen LogP) is 4.09. The number of nitrogen functional groups attached to an aromatic ring is 1. The lowest BCUT2D eigenvalue weighted by Gasteiger charge is -2.15. The van der Waals surface area contributed by atoms with E-state index in [9.17, 15) is 0 Å². The number of para-hydroxylation sites is 1. The van der Waals surface area contributed by atoms with Crippen molar-refractivity contribution in [1.29, 1.82) is 0 Å². The van der Waals surface area contributed by atoms with Crippen LogP contribution in [0.2, 0.25) is 0 Å². The largest absolute Gasteiger partial charge is 0.457 e. The Labute approximate surface area is 173 Å². The monoisotopic (exact) mass is 402 g/mol. The molecular weight excluding hydrogens is 380 g/mol. The quantitative estimate of drug-likeness (QED) is 0.200. The van der Waals surface area contributed by atoms with Gasteiger partial charge < -0.3 is 26.0 Å². The number of rotatable bonds is 5. The molecule has 0 spiro atoms. The van der Waals surface area contributed by atoms with Crippen LogP contribution in [-0.4, -0.2) is 25.6 Å². The number of aromatic nitrogens is 3. The first-order valence-corrected chi connectivity index (χ1v) is 9.43. The smallest absolute Gasteiger partial charge is 0.162 e. The SMILES string of the molecule is Cc1c(-c2ccc(Oc3ccccc3)cc2)c2c(N)ncnc2n1C(C)/C(N)=N/O. The van der Waals surface area contributed by atoms with E-state index in [2.05, 4.69) is 15.1 Å². The highest BCUT2D eigenvalue weighted by Crippen LogP contribution is 2.38. The molecule has 0 radical (unpaired) electrons. The Morgan fingerprint density at radius 1 is 1.07 bits per heavy atom. The van der Waals surface area contributed by atoms with Crippen molar-refractivity contribution in [3.05, 3.63) is 66.6 Å². The van der Waals surface area contributed by atoms with Crippen LogP contribution in [0.25, 0.3) is 22.2 Å². The van der Waals surface area contributed by atoms with E-state index in [1.807, 2.05) is 73.0 Å². The van der Waals surface area contributed by atoms with Gasteiger partial charge in [-0.1, -0.05) is 35.5 Å².